The molecule has 1 unspecified atom stereocenters. The molecule has 0 saturated carbocycles. The summed E-state index contributed by atoms with van der Waals surface area (Å²) in [5, 5.41) is 13.5. The maximum atomic E-state index is 10.1. The summed E-state index contributed by atoms with van der Waals surface area (Å²) in [4.78, 5) is 0. The second-order valence-corrected chi connectivity index (χ2v) is 6.34. The molecule has 0 fully saturated rings. The lowest BCUT2D eigenvalue weighted by Gasteiger charge is -2.20. The van der Waals surface area contributed by atoms with Crippen molar-refractivity contribution in [3.05, 3.63) is 27.7 Å². The average molecular weight is 342 g/mol. The quantitative estimate of drug-likeness (QED) is 0.799. The number of nitrogens with one attached hydrogen (secondary N) is 1. The SMILES string of the molecule is CCC(CC)C(O)CNCc1cc(Br)cc2c1OCC2. The van der Waals surface area contributed by atoms with Crippen LogP contribution in [0.3, 0.4) is 0 Å². The Balaban J connectivity index is 1.92. The Kier molecular flexibility index (Phi) is 5.87. The van der Waals surface area contributed by atoms with Crippen molar-refractivity contribution in [1.82, 2.24) is 5.32 Å². The van der Waals surface area contributed by atoms with E-state index in [0.29, 0.717) is 12.5 Å². The molecule has 0 radical (unpaired) electrons. The number of aliphatic hydroxyl groups excluding tert-OH is 1. The fourth-order valence-electron chi connectivity index (χ4n) is 2.83. The summed E-state index contributed by atoms with van der Waals surface area (Å²) in [5.41, 5.74) is 2.44. The molecule has 4 heteroatoms. The fourth-order valence-corrected chi connectivity index (χ4v) is 3.38. The summed E-state index contributed by atoms with van der Waals surface area (Å²) in [5.74, 6) is 1.41. The minimum absolute atomic E-state index is 0.272. The second kappa shape index (κ2) is 7.43. The zero-order valence-electron chi connectivity index (χ0n) is 12.3. The smallest absolute Gasteiger partial charge is 0.127 e. The molecule has 1 heterocycles. The first-order valence-corrected chi connectivity index (χ1v) is 8.27. The predicted molar refractivity (Wildman–Crippen MR) is 85.1 cm³/mol. The van der Waals surface area contributed by atoms with Crippen LogP contribution in [0.25, 0.3) is 0 Å². The molecule has 3 nitrogen and oxygen atoms in total. The number of rotatable bonds is 7. The minimum Gasteiger partial charge on any atom is -0.493 e. The molecule has 1 aliphatic rings. The third kappa shape index (κ3) is 3.74. The van der Waals surface area contributed by atoms with Gasteiger partial charge in [-0.25, -0.2) is 0 Å². The normalized spacial score (nSPS) is 15.2. The number of ether oxygens (including phenoxy) is 1. The van der Waals surface area contributed by atoms with Gasteiger partial charge in [0.05, 0.1) is 12.7 Å². The molecule has 1 aromatic carbocycles. The third-order valence-corrected chi connectivity index (χ3v) is 4.55. The van der Waals surface area contributed by atoms with Gasteiger partial charge in [0, 0.05) is 29.5 Å². The summed E-state index contributed by atoms with van der Waals surface area (Å²) in [6.07, 6.45) is 2.76. The lowest BCUT2D eigenvalue weighted by molar-refractivity contribution is 0.101. The summed E-state index contributed by atoms with van der Waals surface area (Å²) in [7, 11) is 0. The van der Waals surface area contributed by atoms with Gasteiger partial charge in [-0.3, -0.25) is 0 Å². The van der Waals surface area contributed by atoms with Crippen molar-refractivity contribution in [2.24, 2.45) is 5.92 Å². The van der Waals surface area contributed by atoms with Crippen molar-refractivity contribution < 1.29 is 9.84 Å². The topological polar surface area (TPSA) is 41.5 Å². The van der Waals surface area contributed by atoms with Crippen LogP contribution < -0.4 is 10.1 Å². The summed E-state index contributed by atoms with van der Waals surface area (Å²) in [6, 6.07) is 4.23. The van der Waals surface area contributed by atoms with E-state index in [0.717, 1.165) is 42.6 Å². The van der Waals surface area contributed by atoms with Gasteiger partial charge >= 0.3 is 0 Å². The van der Waals surface area contributed by atoms with Gasteiger partial charge in [0.25, 0.3) is 0 Å². The molecule has 0 aliphatic carbocycles. The van der Waals surface area contributed by atoms with Crippen LogP contribution in [0.2, 0.25) is 0 Å². The van der Waals surface area contributed by atoms with E-state index in [4.69, 9.17) is 4.74 Å². The van der Waals surface area contributed by atoms with E-state index in [1.807, 2.05) is 0 Å². The van der Waals surface area contributed by atoms with E-state index < -0.39 is 0 Å². The first-order valence-electron chi connectivity index (χ1n) is 7.48. The molecule has 0 bridgehead atoms. The van der Waals surface area contributed by atoms with E-state index in [1.54, 1.807) is 0 Å². The highest BCUT2D eigenvalue weighted by Crippen LogP contribution is 2.32. The van der Waals surface area contributed by atoms with Gasteiger partial charge in [-0.1, -0.05) is 42.6 Å². The van der Waals surface area contributed by atoms with Crippen molar-refractivity contribution in [1.29, 1.82) is 0 Å². The van der Waals surface area contributed by atoms with Gasteiger partial charge in [-0.05, 0) is 23.6 Å². The van der Waals surface area contributed by atoms with Crippen molar-refractivity contribution in [3.8, 4) is 5.75 Å². The Morgan fingerprint density at radius 1 is 1.35 bits per heavy atom. The van der Waals surface area contributed by atoms with Crippen LogP contribution in [0.1, 0.15) is 37.8 Å². The van der Waals surface area contributed by atoms with E-state index in [-0.39, 0.29) is 6.10 Å². The van der Waals surface area contributed by atoms with Gasteiger partial charge in [0.15, 0.2) is 0 Å². The molecule has 1 aromatic rings. The molecule has 0 saturated heterocycles. The standard InChI is InChI=1S/C16H24BrNO2/c1-3-11(4-2)15(19)10-18-9-13-8-14(17)7-12-5-6-20-16(12)13/h7-8,11,15,18-19H,3-6,9-10H2,1-2H3. The summed E-state index contributed by atoms with van der Waals surface area (Å²) in [6.45, 7) is 6.40. The highest BCUT2D eigenvalue weighted by Gasteiger charge is 2.18. The van der Waals surface area contributed by atoms with Gasteiger partial charge in [0.2, 0.25) is 0 Å². The maximum Gasteiger partial charge on any atom is 0.127 e. The van der Waals surface area contributed by atoms with E-state index in [2.05, 4.69) is 47.2 Å². The third-order valence-electron chi connectivity index (χ3n) is 4.09. The molecule has 2 rings (SSSR count). The molecular weight excluding hydrogens is 318 g/mol. The van der Waals surface area contributed by atoms with Crippen LogP contribution in [0.5, 0.6) is 5.75 Å². The monoisotopic (exact) mass is 341 g/mol. The highest BCUT2D eigenvalue weighted by molar-refractivity contribution is 9.10. The molecule has 2 N–H and O–H groups in total. The van der Waals surface area contributed by atoms with Gasteiger partial charge < -0.3 is 15.2 Å². The van der Waals surface area contributed by atoms with E-state index in [9.17, 15) is 5.11 Å². The number of aliphatic hydroxyl groups is 1. The lowest BCUT2D eigenvalue weighted by atomic mass is 9.96. The fraction of sp³-hybridized carbons (Fsp3) is 0.625. The van der Waals surface area contributed by atoms with Crippen LogP contribution in [0, 0.1) is 5.92 Å². The van der Waals surface area contributed by atoms with Crippen molar-refractivity contribution in [2.75, 3.05) is 13.2 Å². The molecule has 0 aromatic heterocycles. The molecule has 0 amide bonds. The minimum atomic E-state index is -0.272. The van der Waals surface area contributed by atoms with Gasteiger partial charge in [-0.15, -0.1) is 0 Å². The molecule has 1 atom stereocenters. The van der Waals surface area contributed by atoms with Gasteiger partial charge in [-0.2, -0.15) is 0 Å². The van der Waals surface area contributed by atoms with E-state index >= 15 is 0 Å². The highest BCUT2D eigenvalue weighted by atomic mass is 79.9. The second-order valence-electron chi connectivity index (χ2n) is 5.43. The van der Waals surface area contributed by atoms with Crippen LogP contribution in [0.15, 0.2) is 16.6 Å². The van der Waals surface area contributed by atoms with Crippen LogP contribution >= 0.6 is 15.9 Å². The number of benzene rings is 1. The average Bonchev–Trinajstić information content (AvgIpc) is 2.88. The van der Waals surface area contributed by atoms with Crippen LogP contribution in [0.4, 0.5) is 0 Å². The van der Waals surface area contributed by atoms with Crippen molar-refractivity contribution >= 4 is 15.9 Å². The Bertz CT molecular complexity index is 446. The largest absolute Gasteiger partial charge is 0.493 e. The molecule has 112 valence electrons. The van der Waals surface area contributed by atoms with E-state index in [1.165, 1.54) is 11.1 Å². The number of halogens is 1. The molecular formula is C16H24BrNO2. The van der Waals surface area contributed by atoms with Crippen LogP contribution in [-0.4, -0.2) is 24.4 Å². The Labute approximate surface area is 129 Å². The first-order chi connectivity index (χ1) is 9.65. The zero-order valence-corrected chi connectivity index (χ0v) is 13.9. The first kappa shape index (κ1) is 15.8. The molecule has 1 aliphatic heterocycles. The summed E-state index contributed by atoms with van der Waals surface area (Å²) >= 11 is 3.55. The molecule has 0 spiro atoms. The van der Waals surface area contributed by atoms with Gasteiger partial charge in [0.1, 0.15) is 5.75 Å². The Morgan fingerprint density at radius 2 is 2.10 bits per heavy atom. The maximum absolute atomic E-state index is 10.1. The number of hydrogen-bond acceptors (Lipinski definition) is 3. The van der Waals surface area contributed by atoms with Crippen LogP contribution in [-0.2, 0) is 13.0 Å². The zero-order chi connectivity index (χ0) is 14.5. The predicted octanol–water partition coefficient (Wildman–Crippen LogP) is 3.27. The molecule has 20 heavy (non-hydrogen) atoms. The Hall–Kier alpha value is -0.580. The lowest BCUT2D eigenvalue weighted by Crippen LogP contribution is -2.32. The number of hydrogen-bond donors (Lipinski definition) is 2. The summed E-state index contributed by atoms with van der Waals surface area (Å²) < 4.78 is 6.80. The Morgan fingerprint density at radius 3 is 2.80 bits per heavy atom. The number of fused-ring (bicyclic) bond motifs is 1. The van der Waals surface area contributed by atoms with Crippen molar-refractivity contribution in [2.45, 2.75) is 45.8 Å². The van der Waals surface area contributed by atoms with Crippen molar-refractivity contribution in [3.63, 3.8) is 0 Å².